The highest BCUT2D eigenvalue weighted by Gasteiger charge is 2.20. The summed E-state index contributed by atoms with van der Waals surface area (Å²) in [6.45, 7) is 1.23. The van der Waals surface area contributed by atoms with Crippen LogP contribution in [0.1, 0.15) is 11.1 Å². The first-order valence-electron chi connectivity index (χ1n) is 8.14. The van der Waals surface area contributed by atoms with E-state index < -0.39 is 0 Å². The Kier molecular flexibility index (Phi) is 6.19. The van der Waals surface area contributed by atoms with Gasteiger partial charge in [-0.3, -0.25) is 4.79 Å². The number of carbonyl (C=O) groups is 1. The van der Waals surface area contributed by atoms with Crippen LogP contribution in [-0.4, -0.2) is 31.4 Å². The zero-order valence-corrected chi connectivity index (χ0v) is 16.0. The van der Waals surface area contributed by atoms with Crippen molar-refractivity contribution in [3.05, 3.63) is 70.8 Å². The summed E-state index contributed by atoms with van der Waals surface area (Å²) in [5.74, 6) is 0.140. The van der Waals surface area contributed by atoms with Crippen LogP contribution in [0.2, 0.25) is 0 Å². The molecule has 1 aliphatic rings. The van der Waals surface area contributed by atoms with E-state index in [0.29, 0.717) is 13.1 Å². The van der Waals surface area contributed by atoms with Crippen LogP contribution in [0, 0.1) is 0 Å². The first-order valence-corrected chi connectivity index (χ1v) is 10.6. The third-order valence-electron chi connectivity index (χ3n) is 4.13. The van der Waals surface area contributed by atoms with Crippen molar-refractivity contribution in [1.29, 1.82) is 0 Å². The van der Waals surface area contributed by atoms with Crippen molar-refractivity contribution in [3.63, 3.8) is 0 Å². The van der Waals surface area contributed by atoms with E-state index in [1.165, 1.54) is 9.79 Å². The van der Waals surface area contributed by atoms with Gasteiger partial charge in [0.05, 0.1) is 0 Å². The number of hydrogen-bond donors (Lipinski definition) is 1. The highest BCUT2D eigenvalue weighted by atomic mass is 32.2. The molecule has 0 aliphatic carbocycles. The molecule has 0 spiro atoms. The van der Waals surface area contributed by atoms with Gasteiger partial charge in [-0.25, -0.2) is 0 Å². The lowest BCUT2D eigenvalue weighted by Crippen LogP contribution is -2.32. The number of Topliss-reactive ketones (excluding diaryl/α,β-unsaturated/α-hetero) is 1. The van der Waals surface area contributed by atoms with Gasteiger partial charge in [0.15, 0.2) is 5.78 Å². The zero-order valence-electron chi connectivity index (χ0n) is 14.4. The van der Waals surface area contributed by atoms with Gasteiger partial charge in [0, 0.05) is 34.0 Å². The quantitative estimate of drug-likeness (QED) is 0.623. The topological polar surface area (TPSA) is 29.1 Å². The van der Waals surface area contributed by atoms with Crippen LogP contribution in [0.4, 0.5) is 0 Å². The molecular weight excluding hydrogens is 346 g/mol. The van der Waals surface area contributed by atoms with E-state index in [1.807, 2.05) is 12.2 Å². The molecule has 0 unspecified atom stereocenters. The minimum absolute atomic E-state index is 0.140. The summed E-state index contributed by atoms with van der Waals surface area (Å²) in [7, 11) is 0. The average molecular weight is 368 g/mol. The molecule has 3 rings (SSSR count). The number of rotatable bonds is 4. The predicted octanol–water partition coefficient (Wildman–Crippen LogP) is 4.77. The third-order valence-corrected chi connectivity index (χ3v) is 5.61. The van der Waals surface area contributed by atoms with Crippen LogP contribution in [0.25, 0.3) is 12.2 Å². The molecule has 2 aromatic carbocycles. The molecule has 0 saturated carbocycles. The van der Waals surface area contributed by atoms with E-state index in [9.17, 15) is 4.79 Å². The van der Waals surface area contributed by atoms with E-state index in [0.717, 1.165) is 22.3 Å². The van der Waals surface area contributed by atoms with Gasteiger partial charge >= 0.3 is 0 Å². The summed E-state index contributed by atoms with van der Waals surface area (Å²) in [5, 5.41) is 3.34. The van der Waals surface area contributed by atoms with Crippen LogP contribution in [0.5, 0.6) is 0 Å². The van der Waals surface area contributed by atoms with Gasteiger partial charge in [-0.2, -0.15) is 0 Å². The minimum Gasteiger partial charge on any atom is -0.308 e. The van der Waals surface area contributed by atoms with Crippen LogP contribution >= 0.6 is 23.5 Å². The lowest BCUT2D eigenvalue weighted by atomic mass is 9.95. The molecule has 1 heterocycles. The molecule has 1 aliphatic heterocycles. The Morgan fingerprint density at radius 1 is 0.760 bits per heavy atom. The SMILES string of the molecule is CSc1ccc(/C=C2/CNC/C(=C\c3ccc(SC)cc3)C2=O)cc1. The maximum absolute atomic E-state index is 12.8. The molecule has 0 amide bonds. The minimum atomic E-state index is 0.140. The molecule has 1 fully saturated rings. The molecule has 4 heteroatoms. The number of hydrogen-bond acceptors (Lipinski definition) is 4. The molecule has 128 valence electrons. The lowest BCUT2D eigenvalue weighted by molar-refractivity contribution is -0.112. The average Bonchev–Trinajstić information content (AvgIpc) is 2.66. The van der Waals surface area contributed by atoms with Crippen molar-refractivity contribution < 1.29 is 4.79 Å². The maximum atomic E-state index is 12.8. The van der Waals surface area contributed by atoms with Crippen molar-refractivity contribution in [1.82, 2.24) is 5.32 Å². The summed E-state index contributed by atoms with van der Waals surface area (Å²) in [4.78, 5) is 15.2. The number of nitrogens with one attached hydrogen (secondary N) is 1. The Labute approximate surface area is 157 Å². The van der Waals surface area contributed by atoms with Gasteiger partial charge in [0.25, 0.3) is 0 Å². The molecule has 1 saturated heterocycles. The van der Waals surface area contributed by atoms with Crippen LogP contribution in [-0.2, 0) is 4.79 Å². The molecule has 0 atom stereocenters. The van der Waals surface area contributed by atoms with E-state index in [-0.39, 0.29) is 5.78 Å². The van der Waals surface area contributed by atoms with Crippen molar-refractivity contribution in [3.8, 4) is 0 Å². The summed E-state index contributed by atoms with van der Waals surface area (Å²) >= 11 is 3.44. The van der Waals surface area contributed by atoms with Crippen molar-refractivity contribution in [2.45, 2.75) is 9.79 Å². The third kappa shape index (κ3) is 4.66. The number of thioether (sulfide) groups is 2. The Bertz CT molecular complexity index is 737. The van der Waals surface area contributed by atoms with Crippen LogP contribution < -0.4 is 5.32 Å². The fraction of sp³-hybridized carbons (Fsp3) is 0.190. The number of ketones is 1. The second kappa shape index (κ2) is 8.56. The van der Waals surface area contributed by atoms with Gasteiger partial charge in [0.2, 0.25) is 0 Å². The number of piperidine rings is 1. The van der Waals surface area contributed by atoms with E-state index in [1.54, 1.807) is 23.5 Å². The van der Waals surface area contributed by atoms with Gasteiger partial charge in [-0.05, 0) is 60.1 Å². The van der Waals surface area contributed by atoms with E-state index in [2.05, 4.69) is 66.4 Å². The van der Waals surface area contributed by atoms with Gasteiger partial charge in [-0.15, -0.1) is 23.5 Å². The molecule has 2 nitrogen and oxygen atoms in total. The van der Waals surface area contributed by atoms with Crippen molar-refractivity contribution in [2.75, 3.05) is 25.6 Å². The van der Waals surface area contributed by atoms with Crippen molar-refractivity contribution >= 4 is 41.5 Å². The predicted molar refractivity (Wildman–Crippen MR) is 110 cm³/mol. The summed E-state index contributed by atoms with van der Waals surface area (Å²) in [6.07, 6.45) is 8.10. The molecule has 25 heavy (non-hydrogen) atoms. The second-order valence-electron chi connectivity index (χ2n) is 5.82. The molecule has 1 N–H and O–H groups in total. The smallest absolute Gasteiger partial charge is 0.187 e. The maximum Gasteiger partial charge on any atom is 0.187 e. The standard InChI is InChI=1S/C21H21NOS2/c1-24-19-7-3-15(4-8-19)11-17-13-22-14-18(21(17)23)12-16-5-9-20(25-2)10-6-16/h3-12,22H,13-14H2,1-2H3/b17-11-,18-12+. The number of carbonyl (C=O) groups excluding carboxylic acids is 1. The first kappa shape index (κ1) is 18.1. The largest absolute Gasteiger partial charge is 0.308 e. The molecule has 0 bridgehead atoms. The summed E-state index contributed by atoms with van der Waals surface area (Å²) in [5.41, 5.74) is 3.76. The zero-order chi connectivity index (χ0) is 17.6. The van der Waals surface area contributed by atoms with Crippen molar-refractivity contribution in [2.24, 2.45) is 0 Å². The van der Waals surface area contributed by atoms with Crippen LogP contribution in [0.15, 0.2) is 69.5 Å². The Morgan fingerprint density at radius 2 is 1.16 bits per heavy atom. The molecular formula is C21H21NOS2. The van der Waals surface area contributed by atoms with Gasteiger partial charge < -0.3 is 5.32 Å². The Morgan fingerprint density at radius 3 is 1.52 bits per heavy atom. The van der Waals surface area contributed by atoms with E-state index in [4.69, 9.17) is 0 Å². The molecule has 0 aromatic heterocycles. The highest BCUT2D eigenvalue weighted by molar-refractivity contribution is 7.98. The van der Waals surface area contributed by atoms with Crippen LogP contribution in [0.3, 0.4) is 0 Å². The highest BCUT2D eigenvalue weighted by Crippen LogP contribution is 2.21. The lowest BCUT2D eigenvalue weighted by Gasteiger charge is -2.18. The van der Waals surface area contributed by atoms with E-state index >= 15 is 0 Å². The number of benzene rings is 2. The second-order valence-corrected chi connectivity index (χ2v) is 7.58. The molecule has 2 aromatic rings. The first-order chi connectivity index (χ1) is 12.2. The Balaban J connectivity index is 1.81. The Hall–Kier alpha value is -1.75. The monoisotopic (exact) mass is 367 g/mol. The summed E-state index contributed by atoms with van der Waals surface area (Å²) in [6, 6.07) is 16.6. The fourth-order valence-electron chi connectivity index (χ4n) is 2.73. The summed E-state index contributed by atoms with van der Waals surface area (Å²) < 4.78 is 0. The molecule has 0 radical (unpaired) electrons. The van der Waals surface area contributed by atoms with Gasteiger partial charge in [-0.1, -0.05) is 24.3 Å². The normalized spacial score (nSPS) is 18.1. The fourth-order valence-corrected chi connectivity index (χ4v) is 3.55. The van der Waals surface area contributed by atoms with Gasteiger partial charge in [0.1, 0.15) is 0 Å².